The minimum atomic E-state index is -0.0679. The van der Waals surface area contributed by atoms with Gasteiger partial charge < -0.3 is 34.0 Å². The maximum absolute atomic E-state index is 12.6. The van der Waals surface area contributed by atoms with E-state index in [4.69, 9.17) is 4.74 Å². The molecule has 2 rings (SSSR count). The van der Waals surface area contributed by atoms with Crippen molar-refractivity contribution < 1.29 is 38.1 Å². The van der Waals surface area contributed by atoms with Crippen LogP contribution in [-0.2, 0) is 19.0 Å². The van der Waals surface area contributed by atoms with Gasteiger partial charge in [-0.25, -0.2) is 0 Å². The van der Waals surface area contributed by atoms with Gasteiger partial charge in [-0.1, -0.05) is 91.5 Å². The molecule has 0 aliphatic carbocycles. The number of hydrogen-bond acceptors (Lipinski definition) is 2. The number of aryl methyl sites for hydroxylation is 1. The van der Waals surface area contributed by atoms with E-state index < -0.39 is 0 Å². The summed E-state index contributed by atoms with van der Waals surface area (Å²) in [5.74, 6) is 0.898. The Balaban J connectivity index is 0.00000612. The third kappa shape index (κ3) is 11.8. The smallest absolute Gasteiger partial charge is 0.316 e. The van der Waals surface area contributed by atoms with E-state index in [1.54, 1.807) is 0 Å². The third-order valence-electron chi connectivity index (χ3n) is 6.35. The number of aromatic nitrogens is 1. The molecule has 0 fully saturated rings. The van der Waals surface area contributed by atoms with Crippen molar-refractivity contribution in [1.29, 1.82) is 0 Å². The van der Waals surface area contributed by atoms with Crippen molar-refractivity contribution in [2.75, 3.05) is 6.61 Å². The lowest BCUT2D eigenvalue weighted by Gasteiger charge is -2.24. The molecule has 0 saturated heterocycles. The minimum Gasteiger partial charge on any atom is -1.00 e. The standard InChI is InChI=1S/C30H46N2O2.HI/c1-6-7-8-9-10-11-12-13-14-17-22-34-28-20-19-25(23-26(28)30(2,3)4)24-31-29(33)27-18-15-16-21-32(27)5;/h15-16,18-21,23H,6-14,17,22,24H2,1-5H3;1H. The number of unbranched alkanes of at least 4 members (excludes halogenated alkanes) is 9. The molecule has 1 N–H and O–H groups in total. The highest BCUT2D eigenvalue weighted by molar-refractivity contribution is 5.90. The minimum absolute atomic E-state index is 0. The monoisotopic (exact) mass is 594 g/mol. The number of hydrogen-bond donors (Lipinski definition) is 1. The van der Waals surface area contributed by atoms with Gasteiger partial charge in [0.15, 0.2) is 6.20 Å². The van der Waals surface area contributed by atoms with Crippen LogP contribution < -0.4 is 38.6 Å². The molecule has 0 saturated carbocycles. The Labute approximate surface area is 231 Å². The number of nitrogens with zero attached hydrogens (tertiary/aromatic N) is 1. The zero-order valence-corrected chi connectivity index (χ0v) is 24.8. The number of rotatable bonds is 15. The predicted molar refractivity (Wildman–Crippen MR) is 141 cm³/mol. The van der Waals surface area contributed by atoms with Crippen molar-refractivity contribution >= 4 is 5.91 Å². The van der Waals surface area contributed by atoms with E-state index in [9.17, 15) is 4.79 Å². The first-order chi connectivity index (χ1) is 16.3. The summed E-state index contributed by atoms with van der Waals surface area (Å²) in [4.78, 5) is 12.6. The fraction of sp³-hybridized carbons (Fsp3) is 0.600. The second-order valence-corrected chi connectivity index (χ2v) is 10.5. The summed E-state index contributed by atoms with van der Waals surface area (Å²) in [6, 6.07) is 11.9. The van der Waals surface area contributed by atoms with Crippen molar-refractivity contribution in [3.05, 3.63) is 59.4 Å². The number of carbonyl (C=O) groups excluding carboxylic acids is 1. The lowest BCUT2D eigenvalue weighted by Crippen LogP contribution is -3.00. The molecule has 0 bridgehead atoms. The van der Waals surface area contributed by atoms with E-state index >= 15 is 0 Å². The van der Waals surface area contributed by atoms with Gasteiger partial charge in [0, 0.05) is 18.7 Å². The molecular formula is C30H47IN2O2. The molecule has 2 aromatic rings. The summed E-state index contributed by atoms with van der Waals surface area (Å²) >= 11 is 0. The first-order valence-electron chi connectivity index (χ1n) is 13.3. The lowest BCUT2D eigenvalue weighted by atomic mass is 9.85. The van der Waals surface area contributed by atoms with E-state index in [1.165, 1.54) is 63.4 Å². The largest absolute Gasteiger partial charge is 1.00 e. The Morgan fingerprint density at radius 2 is 1.54 bits per heavy atom. The van der Waals surface area contributed by atoms with Crippen molar-refractivity contribution in [3.8, 4) is 5.75 Å². The molecule has 1 amide bonds. The van der Waals surface area contributed by atoms with Crippen LogP contribution in [0.15, 0.2) is 42.6 Å². The molecule has 0 unspecified atom stereocenters. The SMILES string of the molecule is CCCCCCCCCCCCOc1ccc(CNC(=O)c2cccc[n+]2C)cc1C(C)(C)C.[I-]. The number of ether oxygens (including phenoxy) is 1. The molecular weight excluding hydrogens is 547 g/mol. The lowest BCUT2D eigenvalue weighted by molar-refractivity contribution is -0.673. The predicted octanol–water partition coefficient (Wildman–Crippen LogP) is 4.04. The molecule has 0 aliphatic heterocycles. The van der Waals surface area contributed by atoms with Gasteiger partial charge in [0.1, 0.15) is 12.8 Å². The van der Waals surface area contributed by atoms with Gasteiger partial charge >= 0.3 is 5.91 Å². The zero-order valence-electron chi connectivity index (χ0n) is 22.7. The molecule has 0 aliphatic rings. The Morgan fingerprint density at radius 1 is 0.914 bits per heavy atom. The second-order valence-electron chi connectivity index (χ2n) is 10.5. The van der Waals surface area contributed by atoms with Crippen LogP contribution in [0.2, 0.25) is 0 Å². The topological polar surface area (TPSA) is 42.2 Å². The first-order valence-corrected chi connectivity index (χ1v) is 13.3. The van der Waals surface area contributed by atoms with Gasteiger partial charge in [-0.3, -0.25) is 4.79 Å². The highest BCUT2D eigenvalue weighted by Gasteiger charge is 2.20. The number of pyridine rings is 1. The van der Waals surface area contributed by atoms with Crippen molar-refractivity contribution in [1.82, 2.24) is 5.32 Å². The maximum Gasteiger partial charge on any atom is 0.316 e. The van der Waals surface area contributed by atoms with Gasteiger partial charge in [-0.2, -0.15) is 4.57 Å². The third-order valence-corrected chi connectivity index (χ3v) is 6.35. The summed E-state index contributed by atoms with van der Waals surface area (Å²) in [6.07, 6.45) is 15.1. The van der Waals surface area contributed by atoms with Crippen LogP contribution in [0.4, 0.5) is 0 Å². The summed E-state index contributed by atoms with van der Waals surface area (Å²) < 4.78 is 8.04. The number of nitrogens with one attached hydrogen (secondary N) is 1. The van der Waals surface area contributed by atoms with Crippen LogP contribution in [0.3, 0.4) is 0 Å². The average Bonchev–Trinajstić information content (AvgIpc) is 2.81. The van der Waals surface area contributed by atoms with Crippen molar-refractivity contribution in [3.63, 3.8) is 0 Å². The van der Waals surface area contributed by atoms with Crippen LogP contribution >= 0.6 is 0 Å². The average molecular weight is 595 g/mol. The van der Waals surface area contributed by atoms with Crippen LogP contribution in [0.25, 0.3) is 0 Å². The van der Waals surface area contributed by atoms with E-state index in [-0.39, 0.29) is 35.3 Å². The van der Waals surface area contributed by atoms with Crippen molar-refractivity contribution in [2.24, 2.45) is 7.05 Å². The van der Waals surface area contributed by atoms with Crippen LogP contribution in [0, 0.1) is 0 Å². The molecule has 35 heavy (non-hydrogen) atoms. The highest BCUT2D eigenvalue weighted by atomic mass is 127. The fourth-order valence-electron chi connectivity index (χ4n) is 4.20. The van der Waals surface area contributed by atoms with Crippen LogP contribution in [0.1, 0.15) is 114 Å². The number of halogens is 1. The summed E-state index contributed by atoms with van der Waals surface area (Å²) in [5, 5.41) is 3.04. The van der Waals surface area contributed by atoms with Crippen LogP contribution in [-0.4, -0.2) is 12.5 Å². The Bertz CT molecular complexity index is 877. The molecule has 0 radical (unpaired) electrons. The number of amides is 1. The molecule has 0 atom stereocenters. The number of benzene rings is 1. The fourth-order valence-corrected chi connectivity index (χ4v) is 4.20. The van der Waals surface area contributed by atoms with E-state index in [0.29, 0.717) is 12.2 Å². The molecule has 1 aromatic carbocycles. The van der Waals surface area contributed by atoms with Crippen LogP contribution in [0.5, 0.6) is 5.75 Å². The molecule has 5 heteroatoms. The van der Waals surface area contributed by atoms with Gasteiger partial charge in [0.05, 0.1) is 6.61 Å². The van der Waals surface area contributed by atoms with E-state index in [0.717, 1.165) is 24.3 Å². The Morgan fingerprint density at radius 3 is 2.14 bits per heavy atom. The highest BCUT2D eigenvalue weighted by Crippen LogP contribution is 2.32. The van der Waals surface area contributed by atoms with E-state index in [2.05, 4.69) is 51.2 Å². The summed E-state index contributed by atoms with van der Waals surface area (Å²) in [7, 11) is 1.88. The molecule has 1 aromatic heterocycles. The van der Waals surface area contributed by atoms with Gasteiger partial charge in [-0.15, -0.1) is 0 Å². The molecule has 0 spiro atoms. The van der Waals surface area contributed by atoms with Gasteiger partial charge in [0.2, 0.25) is 0 Å². The second kappa shape index (κ2) is 16.9. The molecule has 1 heterocycles. The summed E-state index contributed by atoms with van der Waals surface area (Å²) in [6.45, 7) is 10.2. The van der Waals surface area contributed by atoms with Gasteiger partial charge in [0.25, 0.3) is 5.69 Å². The van der Waals surface area contributed by atoms with Crippen molar-refractivity contribution in [2.45, 2.75) is 104 Å². The first kappa shape index (κ1) is 31.4. The summed E-state index contributed by atoms with van der Waals surface area (Å²) in [5.41, 5.74) is 2.90. The molecule has 196 valence electrons. The zero-order chi connectivity index (χ0) is 24.8. The number of carbonyl (C=O) groups is 1. The normalized spacial score (nSPS) is 11.1. The molecule has 4 nitrogen and oxygen atoms in total. The Kier molecular flexibility index (Phi) is 15.2. The van der Waals surface area contributed by atoms with Gasteiger partial charge in [-0.05, 0) is 41.2 Å². The Hall–Kier alpha value is -1.63. The van der Waals surface area contributed by atoms with E-state index in [1.807, 2.05) is 36.0 Å². The quantitative estimate of drug-likeness (QED) is 0.192. The maximum atomic E-state index is 12.6.